The maximum absolute atomic E-state index is 13.8. The van der Waals surface area contributed by atoms with Gasteiger partial charge in [-0.15, -0.1) is 0 Å². The summed E-state index contributed by atoms with van der Waals surface area (Å²) in [5.74, 6) is -0.606. The van der Waals surface area contributed by atoms with Gasteiger partial charge in [0.1, 0.15) is 5.82 Å². The number of rotatable bonds is 4. The SMILES string of the molecule is Cc1ccc(C(=O)NC(=NCc2ccncc2)Nc2ccc(Br)cc2)cc1F. The summed E-state index contributed by atoms with van der Waals surface area (Å²) >= 11 is 3.39. The number of hydrogen-bond donors (Lipinski definition) is 2. The number of nitrogens with zero attached hydrogens (tertiary/aromatic N) is 2. The molecule has 5 nitrogen and oxygen atoms in total. The van der Waals surface area contributed by atoms with Crippen molar-refractivity contribution >= 4 is 33.5 Å². The Labute approximate surface area is 170 Å². The molecule has 2 N–H and O–H groups in total. The van der Waals surface area contributed by atoms with E-state index >= 15 is 0 Å². The minimum atomic E-state index is -0.447. The van der Waals surface area contributed by atoms with Gasteiger partial charge in [0.15, 0.2) is 0 Å². The highest BCUT2D eigenvalue weighted by molar-refractivity contribution is 9.10. The number of aryl methyl sites for hydroxylation is 1. The Hall–Kier alpha value is -3.06. The van der Waals surface area contributed by atoms with Crippen LogP contribution in [0, 0.1) is 12.7 Å². The van der Waals surface area contributed by atoms with Gasteiger partial charge >= 0.3 is 0 Å². The number of amides is 1. The molecule has 2 aromatic carbocycles. The Morgan fingerprint density at radius 3 is 2.50 bits per heavy atom. The first-order chi connectivity index (χ1) is 13.5. The molecular formula is C21H18BrFN4O. The van der Waals surface area contributed by atoms with Gasteiger partial charge in [0.2, 0.25) is 5.96 Å². The number of aliphatic imine (C=N–C) groups is 1. The lowest BCUT2D eigenvalue weighted by atomic mass is 10.1. The van der Waals surface area contributed by atoms with Gasteiger partial charge in [-0.3, -0.25) is 15.1 Å². The largest absolute Gasteiger partial charge is 0.326 e. The number of hydrogen-bond acceptors (Lipinski definition) is 3. The Bertz CT molecular complexity index is 991. The van der Waals surface area contributed by atoms with Gasteiger partial charge in [-0.2, -0.15) is 0 Å². The summed E-state index contributed by atoms with van der Waals surface area (Å²) in [4.78, 5) is 21.0. The standard InChI is InChI=1S/C21H18BrFN4O/c1-14-2-3-16(12-19(14)23)20(28)27-21(25-13-15-8-10-24-11-9-15)26-18-6-4-17(22)5-7-18/h2-12H,13H2,1H3,(H2,25,26,27,28). The highest BCUT2D eigenvalue weighted by atomic mass is 79.9. The van der Waals surface area contributed by atoms with Gasteiger partial charge in [0.05, 0.1) is 6.54 Å². The fourth-order valence-electron chi connectivity index (χ4n) is 2.35. The quantitative estimate of drug-likeness (QED) is 0.456. The number of aromatic nitrogens is 1. The summed E-state index contributed by atoms with van der Waals surface area (Å²) in [7, 11) is 0. The second-order valence-corrected chi connectivity index (χ2v) is 6.99. The second-order valence-electron chi connectivity index (χ2n) is 6.07. The van der Waals surface area contributed by atoms with E-state index < -0.39 is 11.7 Å². The second kappa shape index (κ2) is 9.23. The Morgan fingerprint density at radius 1 is 1.11 bits per heavy atom. The average molecular weight is 441 g/mol. The molecule has 1 amide bonds. The maximum Gasteiger partial charge on any atom is 0.258 e. The molecule has 0 fully saturated rings. The van der Waals surface area contributed by atoms with E-state index in [4.69, 9.17) is 0 Å². The number of anilines is 1. The van der Waals surface area contributed by atoms with Crippen LogP contribution in [-0.2, 0) is 6.54 Å². The van der Waals surface area contributed by atoms with E-state index in [-0.39, 0.29) is 11.5 Å². The van der Waals surface area contributed by atoms with Crippen LogP contribution in [0.1, 0.15) is 21.5 Å². The smallest absolute Gasteiger partial charge is 0.258 e. The normalized spacial score (nSPS) is 11.2. The number of carbonyl (C=O) groups is 1. The Balaban J connectivity index is 1.80. The highest BCUT2D eigenvalue weighted by Gasteiger charge is 2.11. The zero-order chi connectivity index (χ0) is 19.9. The van der Waals surface area contributed by atoms with Crippen LogP contribution in [0.15, 0.2) is 76.5 Å². The Kier molecular flexibility index (Phi) is 6.49. The monoisotopic (exact) mass is 440 g/mol. The van der Waals surface area contributed by atoms with Crippen molar-refractivity contribution in [3.05, 3.63) is 94.0 Å². The van der Waals surface area contributed by atoms with Crippen LogP contribution < -0.4 is 10.6 Å². The van der Waals surface area contributed by atoms with Crippen molar-refractivity contribution in [3.63, 3.8) is 0 Å². The molecule has 28 heavy (non-hydrogen) atoms. The van der Waals surface area contributed by atoms with Crippen molar-refractivity contribution in [2.75, 3.05) is 5.32 Å². The number of halogens is 2. The van der Waals surface area contributed by atoms with Crippen molar-refractivity contribution in [3.8, 4) is 0 Å². The van der Waals surface area contributed by atoms with E-state index in [1.807, 2.05) is 36.4 Å². The van der Waals surface area contributed by atoms with Crippen molar-refractivity contribution in [1.82, 2.24) is 10.3 Å². The third kappa shape index (κ3) is 5.47. The lowest BCUT2D eigenvalue weighted by molar-refractivity contribution is 0.0976. The van der Waals surface area contributed by atoms with Gasteiger partial charge in [-0.05, 0) is 66.6 Å². The van der Waals surface area contributed by atoms with Gasteiger partial charge in [0.25, 0.3) is 5.91 Å². The number of benzene rings is 2. The fraction of sp³-hybridized carbons (Fsp3) is 0.0952. The third-order valence-corrected chi connectivity index (χ3v) is 4.47. The van der Waals surface area contributed by atoms with E-state index in [1.54, 1.807) is 31.5 Å². The number of guanidine groups is 1. The first kappa shape index (κ1) is 19.7. The van der Waals surface area contributed by atoms with Crippen LogP contribution in [-0.4, -0.2) is 16.9 Å². The van der Waals surface area contributed by atoms with E-state index in [1.165, 1.54) is 6.07 Å². The molecule has 1 heterocycles. The minimum Gasteiger partial charge on any atom is -0.326 e. The predicted octanol–water partition coefficient (Wildman–Crippen LogP) is 4.69. The summed E-state index contributed by atoms with van der Waals surface area (Å²) in [6, 6.07) is 15.5. The highest BCUT2D eigenvalue weighted by Crippen LogP contribution is 2.14. The van der Waals surface area contributed by atoms with Crippen molar-refractivity contribution in [2.24, 2.45) is 4.99 Å². The number of carbonyl (C=O) groups excluding carboxylic acids is 1. The first-order valence-corrected chi connectivity index (χ1v) is 9.34. The summed E-state index contributed by atoms with van der Waals surface area (Å²) in [6.07, 6.45) is 3.36. The predicted molar refractivity (Wildman–Crippen MR) is 112 cm³/mol. The molecule has 0 aliphatic rings. The molecule has 1 aromatic heterocycles. The molecule has 0 unspecified atom stereocenters. The van der Waals surface area contributed by atoms with E-state index in [0.29, 0.717) is 12.1 Å². The van der Waals surface area contributed by atoms with Gasteiger partial charge in [-0.1, -0.05) is 22.0 Å². The zero-order valence-corrected chi connectivity index (χ0v) is 16.7. The fourth-order valence-corrected chi connectivity index (χ4v) is 2.62. The van der Waals surface area contributed by atoms with E-state index in [0.717, 1.165) is 15.7 Å². The van der Waals surface area contributed by atoms with Gasteiger partial charge in [0, 0.05) is 28.1 Å². The molecule has 0 saturated carbocycles. The summed E-state index contributed by atoms with van der Waals surface area (Å²) in [6.45, 7) is 2.00. The molecule has 3 aromatic rings. The molecule has 0 aliphatic heterocycles. The molecule has 0 atom stereocenters. The molecule has 0 spiro atoms. The summed E-state index contributed by atoms with van der Waals surface area (Å²) < 4.78 is 14.7. The zero-order valence-electron chi connectivity index (χ0n) is 15.1. The van der Waals surface area contributed by atoms with Crippen LogP contribution in [0.2, 0.25) is 0 Å². The molecule has 0 bridgehead atoms. The van der Waals surface area contributed by atoms with Crippen LogP contribution in [0.25, 0.3) is 0 Å². The molecule has 0 radical (unpaired) electrons. The first-order valence-electron chi connectivity index (χ1n) is 8.55. The van der Waals surface area contributed by atoms with Crippen molar-refractivity contribution in [1.29, 1.82) is 0 Å². The van der Waals surface area contributed by atoms with Crippen molar-refractivity contribution < 1.29 is 9.18 Å². The summed E-state index contributed by atoms with van der Waals surface area (Å²) in [5.41, 5.74) is 2.40. The number of nitrogens with one attached hydrogen (secondary N) is 2. The van der Waals surface area contributed by atoms with Crippen LogP contribution in [0.5, 0.6) is 0 Å². The van der Waals surface area contributed by atoms with Gasteiger partial charge in [-0.25, -0.2) is 9.38 Å². The van der Waals surface area contributed by atoms with E-state index in [9.17, 15) is 9.18 Å². The molecule has 142 valence electrons. The maximum atomic E-state index is 13.8. The molecule has 0 aliphatic carbocycles. The van der Waals surface area contributed by atoms with E-state index in [2.05, 4.69) is 36.5 Å². The molecule has 0 saturated heterocycles. The van der Waals surface area contributed by atoms with Crippen LogP contribution in [0.4, 0.5) is 10.1 Å². The van der Waals surface area contributed by atoms with Crippen molar-refractivity contribution in [2.45, 2.75) is 13.5 Å². The minimum absolute atomic E-state index is 0.220. The lowest BCUT2D eigenvalue weighted by Crippen LogP contribution is -2.36. The molecule has 7 heteroatoms. The average Bonchev–Trinajstić information content (AvgIpc) is 2.70. The van der Waals surface area contributed by atoms with Crippen LogP contribution >= 0.6 is 15.9 Å². The Morgan fingerprint density at radius 2 is 1.82 bits per heavy atom. The molecular weight excluding hydrogens is 423 g/mol. The lowest BCUT2D eigenvalue weighted by Gasteiger charge is -2.12. The summed E-state index contributed by atoms with van der Waals surface area (Å²) in [5, 5.41) is 5.81. The number of pyridine rings is 1. The molecule has 3 rings (SSSR count). The topological polar surface area (TPSA) is 66.4 Å². The van der Waals surface area contributed by atoms with Gasteiger partial charge < -0.3 is 5.32 Å². The van der Waals surface area contributed by atoms with Crippen LogP contribution in [0.3, 0.4) is 0 Å². The third-order valence-electron chi connectivity index (χ3n) is 3.94.